The molecule has 4 N–H and O–H groups in total. The number of anilines is 1. The molecule has 0 radical (unpaired) electrons. The van der Waals surface area contributed by atoms with Crippen molar-refractivity contribution in [3.63, 3.8) is 0 Å². The predicted molar refractivity (Wildman–Crippen MR) is 101 cm³/mol. The largest absolute Gasteiger partial charge is 0.409 e. The molecular weight excluding hydrogens is 357 g/mol. The van der Waals surface area contributed by atoms with Crippen LogP contribution in [0.5, 0.6) is 0 Å². The van der Waals surface area contributed by atoms with Crippen LogP contribution in [0, 0.1) is 5.82 Å². The number of rotatable bonds is 5. The Kier molecular flexibility index (Phi) is 5.39. The summed E-state index contributed by atoms with van der Waals surface area (Å²) in [5, 5.41) is 19.3. The summed E-state index contributed by atoms with van der Waals surface area (Å²) in [6, 6.07) is 10.0. The molecule has 0 aliphatic heterocycles. The Balaban J connectivity index is 2.00. The summed E-state index contributed by atoms with van der Waals surface area (Å²) in [6.45, 7) is 4.57. The number of nitrogens with one attached hydrogen (secondary N) is 3. The van der Waals surface area contributed by atoms with E-state index in [1.807, 2.05) is 13.8 Å². The second-order valence-corrected chi connectivity index (χ2v) is 6.56. The van der Waals surface area contributed by atoms with Gasteiger partial charge in [-0.2, -0.15) is 0 Å². The van der Waals surface area contributed by atoms with Gasteiger partial charge in [-0.25, -0.2) is 9.37 Å². The molecule has 136 valence electrons. The van der Waals surface area contributed by atoms with Gasteiger partial charge in [-0.3, -0.25) is 0 Å². The molecule has 0 unspecified atom stereocenters. The molecule has 26 heavy (non-hydrogen) atoms. The van der Waals surface area contributed by atoms with Crippen molar-refractivity contribution in [1.29, 1.82) is 0 Å². The Bertz CT molecular complexity index is 954. The zero-order valence-corrected chi connectivity index (χ0v) is 15.1. The molecule has 8 heteroatoms. The van der Waals surface area contributed by atoms with Gasteiger partial charge < -0.3 is 20.8 Å². The van der Waals surface area contributed by atoms with Gasteiger partial charge in [0.2, 0.25) is 0 Å². The van der Waals surface area contributed by atoms with Gasteiger partial charge in [0.05, 0.1) is 17.6 Å². The monoisotopic (exact) mass is 375 g/mol. The van der Waals surface area contributed by atoms with Gasteiger partial charge in [-0.15, -0.1) is 0 Å². The highest BCUT2D eigenvalue weighted by molar-refractivity contribution is 6.31. The minimum atomic E-state index is -0.547. The molecule has 0 fully saturated rings. The van der Waals surface area contributed by atoms with Gasteiger partial charge in [0.25, 0.3) is 0 Å². The smallest absolute Gasteiger partial charge is 0.182 e. The Morgan fingerprint density at radius 1 is 1.35 bits per heavy atom. The molecule has 0 atom stereocenters. The van der Waals surface area contributed by atoms with E-state index in [1.165, 1.54) is 6.07 Å². The van der Waals surface area contributed by atoms with Crippen molar-refractivity contribution in [2.45, 2.75) is 26.4 Å². The van der Waals surface area contributed by atoms with E-state index in [-0.39, 0.29) is 11.4 Å². The molecule has 2 aromatic carbocycles. The minimum Gasteiger partial charge on any atom is -0.409 e. The van der Waals surface area contributed by atoms with Crippen molar-refractivity contribution in [3.8, 4) is 0 Å². The normalized spacial score (nSPS) is 12.1. The Morgan fingerprint density at radius 3 is 2.85 bits per heavy atom. The Labute approximate surface area is 155 Å². The second kappa shape index (κ2) is 7.72. The number of benzene rings is 2. The first-order chi connectivity index (χ1) is 12.5. The van der Waals surface area contributed by atoms with Crippen LogP contribution in [-0.2, 0) is 6.54 Å². The lowest BCUT2D eigenvalue weighted by atomic mass is 10.1. The molecule has 0 aliphatic carbocycles. The average molecular weight is 376 g/mol. The van der Waals surface area contributed by atoms with Crippen molar-refractivity contribution < 1.29 is 9.60 Å². The van der Waals surface area contributed by atoms with Crippen molar-refractivity contribution in [2.75, 3.05) is 5.32 Å². The van der Waals surface area contributed by atoms with Gasteiger partial charge in [-0.05, 0) is 30.3 Å². The molecule has 0 saturated heterocycles. The van der Waals surface area contributed by atoms with E-state index in [0.29, 0.717) is 40.2 Å². The van der Waals surface area contributed by atoms with Crippen LogP contribution in [0.25, 0.3) is 11.0 Å². The Morgan fingerprint density at radius 2 is 2.15 bits per heavy atom. The fraction of sp³-hybridized carbons (Fsp3) is 0.222. The third-order valence-electron chi connectivity index (χ3n) is 3.75. The lowest BCUT2D eigenvalue weighted by Crippen LogP contribution is -2.22. The van der Waals surface area contributed by atoms with Gasteiger partial charge in [-0.1, -0.05) is 36.7 Å². The average Bonchev–Trinajstić information content (AvgIpc) is 3.01. The summed E-state index contributed by atoms with van der Waals surface area (Å²) in [5.41, 5.74) is 1.68. The van der Waals surface area contributed by atoms with Crippen molar-refractivity contribution in [3.05, 3.63) is 58.6 Å². The van der Waals surface area contributed by atoms with Crippen LogP contribution in [0.15, 0.2) is 41.6 Å². The van der Waals surface area contributed by atoms with Crippen LogP contribution >= 0.6 is 11.6 Å². The molecule has 0 amide bonds. The zero-order valence-electron chi connectivity index (χ0n) is 14.3. The second-order valence-electron chi connectivity index (χ2n) is 6.12. The summed E-state index contributed by atoms with van der Waals surface area (Å²) in [7, 11) is 0. The fourth-order valence-corrected chi connectivity index (χ4v) is 2.74. The van der Waals surface area contributed by atoms with E-state index in [1.54, 1.807) is 30.3 Å². The van der Waals surface area contributed by atoms with Gasteiger partial charge in [0, 0.05) is 16.8 Å². The summed E-state index contributed by atoms with van der Waals surface area (Å²) >= 11 is 5.97. The molecule has 0 saturated carbocycles. The number of H-pyrrole nitrogens is 1. The van der Waals surface area contributed by atoms with Crippen LogP contribution in [-0.4, -0.2) is 27.1 Å². The Hall–Kier alpha value is -2.64. The van der Waals surface area contributed by atoms with E-state index in [9.17, 15) is 9.60 Å². The molecule has 1 heterocycles. The van der Waals surface area contributed by atoms with E-state index < -0.39 is 5.82 Å². The maximum Gasteiger partial charge on any atom is 0.182 e. The van der Waals surface area contributed by atoms with E-state index in [0.717, 1.165) is 0 Å². The number of aromatic nitrogens is 2. The lowest BCUT2D eigenvalue weighted by Gasteiger charge is -2.10. The SMILES string of the molecule is CC(C)NCc1nc2c(C(=NO)Nc3cccc(Cl)c3)c(F)ccc2[nH]1. The standard InChI is InChI=1S/C18H19ClFN5O/c1-10(2)21-9-15-23-14-7-6-13(20)16(17(14)24-15)18(25-26)22-12-5-3-4-11(19)8-12/h3-8,10,21,26H,9H2,1-2H3,(H,22,25)(H,23,24). The highest BCUT2D eigenvalue weighted by Gasteiger charge is 2.18. The quantitative estimate of drug-likeness (QED) is 0.234. The van der Waals surface area contributed by atoms with Crippen LogP contribution in [0.3, 0.4) is 0 Å². The molecule has 3 aromatic rings. The van der Waals surface area contributed by atoms with Gasteiger partial charge in [0.1, 0.15) is 17.2 Å². The van der Waals surface area contributed by atoms with E-state index >= 15 is 0 Å². The summed E-state index contributed by atoms with van der Waals surface area (Å²) in [6.07, 6.45) is 0. The highest BCUT2D eigenvalue weighted by Crippen LogP contribution is 2.23. The molecular formula is C18H19ClFN5O. The number of amidine groups is 1. The number of hydrogen-bond donors (Lipinski definition) is 4. The molecule has 0 bridgehead atoms. The molecule has 6 nitrogen and oxygen atoms in total. The number of hydrogen-bond acceptors (Lipinski definition) is 4. The third-order valence-corrected chi connectivity index (χ3v) is 3.99. The van der Waals surface area contributed by atoms with E-state index in [4.69, 9.17) is 11.6 Å². The maximum absolute atomic E-state index is 14.5. The molecule has 0 aliphatic rings. The summed E-state index contributed by atoms with van der Waals surface area (Å²) in [4.78, 5) is 7.60. The number of aromatic amines is 1. The van der Waals surface area contributed by atoms with Gasteiger partial charge >= 0.3 is 0 Å². The van der Waals surface area contributed by atoms with Crippen LogP contribution in [0.1, 0.15) is 25.2 Å². The third kappa shape index (κ3) is 3.95. The number of fused-ring (bicyclic) bond motifs is 1. The maximum atomic E-state index is 14.5. The topological polar surface area (TPSA) is 85.3 Å². The summed E-state index contributed by atoms with van der Waals surface area (Å²) < 4.78 is 14.5. The first-order valence-electron chi connectivity index (χ1n) is 8.13. The minimum absolute atomic E-state index is 0.0507. The molecule has 0 spiro atoms. The highest BCUT2D eigenvalue weighted by atomic mass is 35.5. The number of nitrogens with zero attached hydrogens (tertiary/aromatic N) is 2. The van der Waals surface area contributed by atoms with Gasteiger partial charge in [0.15, 0.2) is 5.84 Å². The lowest BCUT2D eigenvalue weighted by molar-refractivity contribution is 0.319. The first-order valence-corrected chi connectivity index (χ1v) is 8.51. The van der Waals surface area contributed by atoms with Crippen molar-refractivity contribution in [1.82, 2.24) is 15.3 Å². The van der Waals surface area contributed by atoms with Crippen molar-refractivity contribution >= 4 is 34.2 Å². The van der Waals surface area contributed by atoms with Crippen molar-refractivity contribution in [2.24, 2.45) is 5.16 Å². The predicted octanol–water partition coefficient (Wildman–Crippen LogP) is 4.10. The van der Waals surface area contributed by atoms with Crippen LogP contribution in [0.4, 0.5) is 10.1 Å². The molecule has 1 aromatic heterocycles. The number of imidazole rings is 1. The van der Waals surface area contributed by atoms with Crippen LogP contribution in [0.2, 0.25) is 5.02 Å². The fourth-order valence-electron chi connectivity index (χ4n) is 2.55. The zero-order chi connectivity index (χ0) is 18.7. The number of halogens is 2. The number of oxime groups is 1. The first kappa shape index (κ1) is 18.2. The molecule has 3 rings (SSSR count). The van der Waals surface area contributed by atoms with E-state index in [2.05, 4.69) is 25.8 Å². The summed E-state index contributed by atoms with van der Waals surface area (Å²) in [5.74, 6) is 0.0699. The van der Waals surface area contributed by atoms with Crippen LogP contribution < -0.4 is 10.6 Å².